The van der Waals surface area contributed by atoms with Gasteiger partial charge in [-0.15, -0.1) is 11.3 Å². The third kappa shape index (κ3) is 2.87. The first-order chi connectivity index (χ1) is 12.0. The molecule has 1 aliphatic carbocycles. The van der Waals surface area contributed by atoms with Crippen molar-refractivity contribution in [3.05, 3.63) is 62.5 Å². The van der Waals surface area contributed by atoms with E-state index >= 15 is 0 Å². The maximum atomic E-state index is 13.0. The van der Waals surface area contributed by atoms with Crippen molar-refractivity contribution >= 4 is 27.5 Å². The monoisotopic (exact) mass is 353 g/mol. The van der Waals surface area contributed by atoms with E-state index in [0.29, 0.717) is 12.5 Å². The lowest BCUT2D eigenvalue weighted by Gasteiger charge is -2.17. The summed E-state index contributed by atoms with van der Waals surface area (Å²) in [6, 6.07) is 6.48. The van der Waals surface area contributed by atoms with Crippen molar-refractivity contribution in [3.8, 4) is 0 Å². The number of nitrogens with zero attached hydrogens (tertiary/aromatic N) is 2. The number of carbonyl (C=O) groups excluding carboxylic acids is 1. The number of carboxylic acids is 1. The average molecular weight is 353 g/mol. The van der Waals surface area contributed by atoms with Gasteiger partial charge in [-0.3, -0.25) is 9.36 Å². The van der Waals surface area contributed by atoms with E-state index in [1.165, 1.54) is 17.0 Å². The lowest BCUT2D eigenvalue weighted by atomic mass is 9.89. The van der Waals surface area contributed by atoms with Gasteiger partial charge in [0.25, 0.3) is 5.56 Å². The van der Waals surface area contributed by atoms with Crippen LogP contribution in [0.15, 0.2) is 35.4 Å². The van der Waals surface area contributed by atoms with Crippen LogP contribution in [-0.2, 0) is 19.4 Å². The van der Waals surface area contributed by atoms with E-state index in [4.69, 9.17) is 0 Å². The second-order valence-electron chi connectivity index (χ2n) is 6.70. The molecule has 0 saturated heterocycles. The summed E-state index contributed by atoms with van der Waals surface area (Å²) in [5, 5.41) is 11.8. The summed E-state index contributed by atoms with van der Waals surface area (Å²) in [4.78, 5) is 30.6. The van der Waals surface area contributed by atoms with Gasteiger partial charge in [0.1, 0.15) is 4.83 Å². The summed E-state index contributed by atoms with van der Waals surface area (Å²) < 4.78 is 1.56. The van der Waals surface area contributed by atoms with Crippen LogP contribution in [-0.4, -0.2) is 15.5 Å². The van der Waals surface area contributed by atoms with E-state index in [9.17, 15) is 14.7 Å². The molecule has 4 rings (SSSR count). The fraction of sp³-hybridized carbons (Fsp3) is 0.316. The van der Waals surface area contributed by atoms with E-state index < -0.39 is 5.97 Å². The minimum absolute atomic E-state index is 0.0455. The smallest absolute Gasteiger partial charge is 0.262 e. The highest BCUT2D eigenvalue weighted by Crippen LogP contribution is 2.35. The van der Waals surface area contributed by atoms with Gasteiger partial charge >= 0.3 is 0 Å². The Bertz CT molecular complexity index is 1030. The molecule has 0 fully saturated rings. The molecule has 1 atom stereocenters. The zero-order valence-electron chi connectivity index (χ0n) is 13.8. The topological polar surface area (TPSA) is 75.0 Å². The van der Waals surface area contributed by atoms with Crippen molar-refractivity contribution in [2.24, 2.45) is 5.92 Å². The second-order valence-corrected chi connectivity index (χ2v) is 7.78. The quantitative estimate of drug-likeness (QED) is 0.722. The first kappa shape index (κ1) is 16.0. The summed E-state index contributed by atoms with van der Waals surface area (Å²) >= 11 is 1.63. The Labute approximate surface area is 148 Å². The van der Waals surface area contributed by atoms with Crippen molar-refractivity contribution in [3.63, 3.8) is 0 Å². The number of thiophene rings is 1. The van der Waals surface area contributed by atoms with Crippen LogP contribution in [0.3, 0.4) is 0 Å². The average Bonchev–Trinajstić information content (AvgIpc) is 2.95. The fourth-order valence-electron chi connectivity index (χ4n) is 3.47. The second kappa shape index (κ2) is 6.11. The first-order valence-corrected chi connectivity index (χ1v) is 9.14. The molecule has 1 aliphatic rings. The van der Waals surface area contributed by atoms with E-state index in [1.54, 1.807) is 34.4 Å². The van der Waals surface area contributed by atoms with Crippen LogP contribution in [0.4, 0.5) is 0 Å². The Morgan fingerprint density at radius 3 is 3.08 bits per heavy atom. The molecule has 25 heavy (non-hydrogen) atoms. The molecule has 5 nitrogen and oxygen atoms in total. The van der Waals surface area contributed by atoms with E-state index in [-0.39, 0.29) is 11.1 Å². The van der Waals surface area contributed by atoms with Crippen LogP contribution in [0.1, 0.15) is 39.7 Å². The van der Waals surface area contributed by atoms with E-state index in [2.05, 4.69) is 11.9 Å². The van der Waals surface area contributed by atoms with Crippen molar-refractivity contribution in [1.82, 2.24) is 9.55 Å². The minimum Gasteiger partial charge on any atom is -0.545 e. The maximum absolute atomic E-state index is 13.0. The third-order valence-electron chi connectivity index (χ3n) is 4.80. The molecule has 6 heteroatoms. The Morgan fingerprint density at radius 2 is 2.28 bits per heavy atom. The van der Waals surface area contributed by atoms with Gasteiger partial charge < -0.3 is 9.90 Å². The Kier molecular flexibility index (Phi) is 3.92. The molecular formula is C19H17N2O3S-. The van der Waals surface area contributed by atoms with Crippen molar-refractivity contribution < 1.29 is 9.90 Å². The number of hydrogen-bond acceptors (Lipinski definition) is 5. The predicted molar refractivity (Wildman–Crippen MR) is 94.9 cm³/mol. The van der Waals surface area contributed by atoms with Crippen LogP contribution in [0.2, 0.25) is 0 Å². The van der Waals surface area contributed by atoms with Crippen LogP contribution in [0, 0.1) is 5.92 Å². The molecule has 0 spiro atoms. The summed E-state index contributed by atoms with van der Waals surface area (Å²) in [5.74, 6) is -0.570. The Balaban J connectivity index is 1.76. The van der Waals surface area contributed by atoms with Gasteiger partial charge in [-0.1, -0.05) is 25.1 Å². The van der Waals surface area contributed by atoms with Crippen LogP contribution in [0.25, 0.3) is 10.2 Å². The number of fused-ring (bicyclic) bond motifs is 3. The lowest BCUT2D eigenvalue weighted by molar-refractivity contribution is -0.255. The van der Waals surface area contributed by atoms with Gasteiger partial charge in [0.15, 0.2) is 0 Å². The molecule has 2 heterocycles. The number of carbonyl (C=O) groups is 1. The summed E-state index contributed by atoms with van der Waals surface area (Å²) in [6.07, 6.45) is 4.60. The molecule has 0 amide bonds. The molecule has 0 aliphatic heterocycles. The number of aromatic carboxylic acids is 1. The molecular weight excluding hydrogens is 336 g/mol. The number of aryl methyl sites for hydroxylation is 1. The molecule has 0 unspecified atom stereocenters. The fourth-order valence-corrected chi connectivity index (χ4v) is 4.81. The molecule has 1 aromatic carbocycles. The van der Waals surface area contributed by atoms with E-state index in [1.807, 2.05) is 0 Å². The van der Waals surface area contributed by atoms with Crippen molar-refractivity contribution in [2.45, 2.75) is 32.7 Å². The van der Waals surface area contributed by atoms with Gasteiger partial charge in [0.05, 0.1) is 24.2 Å². The van der Waals surface area contributed by atoms with Gasteiger partial charge in [-0.05, 0) is 47.9 Å². The van der Waals surface area contributed by atoms with Crippen LogP contribution in [0.5, 0.6) is 0 Å². The SMILES string of the molecule is C[C@@H]1CCc2c(sc3ncn(Cc4cccc(C(=O)[O-])c4)c(=O)c23)C1. The van der Waals surface area contributed by atoms with Crippen molar-refractivity contribution in [2.75, 3.05) is 0 Å². The first-order valence-electron chi connectivity index (χ1n) is 8.33. The molecule has 0 radical (unpaired) electrons. The largest absolute Gasteiger partial charge is 0.545 e. The third-order valence-corrected chi connectivity index (χ3v) is 5.96. The highest BCUT2D eigenvalue weighted by atomic mass is 32.1. The van der Waals surface area contributed by atoms with Crippen LogP contribution < -0.4 is 10.7 Å². The highest BCUT2D eigenvalue weighted by Gasteiger charge is 2.23. The predicted octanol–water partition coefficient (Wildman–Crippen LogP) is 1.99. The molecule has 3 aromatic rings. The molecule has 0 bridgehead atoms. The number of carboxylic acid groups (broad SMARTS) is 1. The van der Waals surface area contributed by atoms with Gasteiger partial charge in [0.2, 0.25) is 0 Å². The standard InChI is InChI=1S/C19H18N2O3S/c1-11-5-6-14-15(7-11)25-17-16(14)18(22)21(10-20-17)9-12-3-2-4-13(8-12)19(23)24/h2-4,8,10-11H,5-7,9H2,1H3,(H,23,24)/p-1/t11-/m1/s1. The number of benzene rings is 1. The summed E-state index contributed by atoms with van der Waals surface area (Å²) in [5.41, 5.74) is 1.97. The normalized spacial score (nSPS) is 16.8. The van der Waals surface area contributed by atoms with Gasteiger partial charge in [-0.2, -0.15) is 0 Å². The zero-order chi connectivity index (χ0) is 17.6. The Morgan fingerprint density at radius 1 is 1.44 bits per heavy atom. The molecule has 0 N–H and O–H groups in total. The van der Waals surface area contributed by atoms with Crippen LogP contribution >= 0.6 is 11.3 Å². The van der Waals surface area contributed by atoms with E-state index in [0.717, 1.165) is 40.6 Å². The zero-order valence-corrected chi connectivity index (χ0v) is 14.6. The number of aromatic nitrogens is 2. The Hall–Kier alpha value is -2.47. The molecule has 0 saturated carbocycles. The van der Waals surface area contributed by atoms with Gasteiger partial charge in [-0.25, -0.2) is 4.98 Å². The highest BCUT2D eigenvalue weighted by molar-refractivity contribution is 7.18. The lowest BCUT2D eigenvalue weighted by Crippen LogP contribution is -2.24. The summed E-state index contributed by atoms with van der Waals surface area (Å²) in [7, 11) is 0. The number of hydrogen-bond donors (Lipinski definition) is 0. The molecule has 2 aromatic heterocycles. The molecule has 128 valence electrons. The minimum atomic E-state index is -1.22. The summed E-state index contributed by atoms with van der Waals surface area (Å²) in [6.45, 7) is 2.53. The van der Waals surface area contributed by atoms with Gasteiger partial charge in [0, 0.05) is 4.88 Å². The maximum Gasteiger partial charge on any atom is 0.262 e. The number of rotatable bonds is 3. The van der Waals surface area contributed by atoms with Crippen molar-refractivity contribution in [1.29, 1.82) is 0 Å².